The molecule has 2 amide bonds. The Labute approximate surface area is 263 Å². The Bertz CT molecular complexity index is 1630. The second-order valence-electron chi connectivity index (χ2n) is 9.98. The van der Waals surface area contributed by atoms with Crippen LogP contribution in [0.3, 0.4) is 0 Å². The predicted octanol–water partition coefficient (Wildman–Crippen LogP) is 6.27. The van der Waals surface area contributed by atoms with Gasteiger partial charge in [-0.25, -0.2) is 8.42 Å². The Hall–Kier alpha value is -3.85. The van der Waals surface area contributed by atoms with Gasteiger partial charge in [-0.2, -0.15) is 0 Å². The van der Waals surface area contributed by atoms with E-state index in [0.29, 0.717) is 27.8 Å². The van der Waals surface area contributed by atoms with E-state index in [1.807, 2.05) is 37.3 Å². The van der Waals surface area contributed by atoms with Crippen molar-refractivity contribution in [3.8, 4) is 0 Å². The highest BCUT2D eigenvalue weighted by Gasteiger charge is 2.35. The number of hydrogen-bond acceptors (Lipinski definition) is 4. The molecule has 224 valence electrons. The average molecular weight is 639 g/mol. The van der Waals surface area contributed by atoms with Crippen molar-refractivity contribution in [2.24, 2.45) is 0 Å². The molecule has 0 aromatic heterocycles. The number of hydrogen-bond donors (Lipinski definition) is 1. The first-order valence-electron chi connectivity index (χ1n) is 13.8. The largest absolute Gasteiger partial charge is 0.355 e. The molecular formula is C33H33Cl2N3O4S. The number of carbonyl (C=O) groups excluding carboxylic acids is 2. The zero-order valence-electron chi connectivity index (χ0n) is 23.9. The minimum Gasteiger partial charge on any atom is -0.355 e. The molecule has 0 saturated carbocycles. The number of carbonyl (C=O) groups is 2. The molecule has 1 N–H and O–H groups in total. The van der Waals surface area contributed by atoms with Gasteiger partial charge in [-0.05, 0) is 55.8 Å². The third-order valence-electron chi connectivity index (χ3n) is 6.94. The molecule has 0 saturated heterocycles. The minimum absolute atomic E-state index is 0.0417. The molecule has 0 aliphatic heterocycles. The fourth-order valence-electron chi connectivity index (χ4n) is 4.66. The monoisotopic (exact) mass is 637 g/mol. The van der Waals surface area contributed by atoms with Crippen LogP contribution < -0.4 is 9.62 Å². The number of rotatable bonds is 12. The lowest BCUT2D eigenvalue weighted by Crippen LogP contribution is -2.53. The molecule has 43 heavy (non-hydrogen) atoms. The number of nitrogens with zero attached hydrogens (tertiary/aromatic N) is 2. The van der Waals surface area contributed by atoms with E-state index in [9.17, 15) is 18.0 Å². The zero-order valence-corrected chi connectivity index (χ0v) is 26.2. The lowest BCUT2D eigenvalue weighted by molar-refractivity contribution is -0.140. The van der Waals surface area contributed by atoms with Gasteiger partial charge in [-0.15, -0.1) is 0 Å². The molecule has 10 heteroatoms. The first kappa shape index (κ1) is 32.1. The molecule has 7 nitrogen and oxygen atoms in total. The first-order chi connectivity index (χ1) is 20.6. The second kappa shape index (κ2) is 14.6. The maximum absolute atomic E-state index is 14.4. The van der Waals surface area contributed by atoms with E-state index in [4.69, 9.17) is 23.2 Å². The van der Waals surface area contributed by atoms with Gasteiger partial charge in [0.25, 0.3) is 10.0 Å². The van der Waals surface area contributed by atoms with Crippen molar-refractivity contribution in [3.05, 3.63) is 130 Å². The Morgan fingerprint density at radius 2 is 1.40 bits per heavy atom. The number of para-hydroxylation sites is 1. The predicted molar refractivity (Wildman–Crippen MR) is 172 cm³/mol. The molecule has 0 bridgehead atoms. The highest BCUT2D eigenvalue weighted by atomic mass is 35.5. The van der Waals surface area contributed by atoms with Gasteiger partial charge in [0.05, 0.1) is 10.6 Å². The van der Waals surface area contributed by atoms with Crippen LogP contribution in [0, 0.1) is 6.92 Å². The Kier molecular flexibility index (Phi) is 10.9. The van der Waals surface area contributed by atoms with Gasteiger partial charge in [-0.1, -0.05) is 95.5 Å². The van der Waals surface area contributed by atoms with E-state index >= 15 is 0 Å². The molecule has 4 aromatic rings. The van der Waals surface area contributed by atoms with Gasteiger partial charge in [-0.3, -0.25) is 13.9 Å². The van der Waals surface area contributed by atoms with Crippen molar-refractivity contribution >= 4 is 50.7 Å². The number of aryl methyl sites for hydroxylation is 1. The van der Waals surface area contributed by atoms with Gasteiger partial charge in [0, 0.05) is 35.1 Å². The van der Waals surface area contributed by atoms with Gasteiger partial charge in [0.2, 0.25) is 11.8 Å². The third kappa shape index (κ3) is 7.96. The SMILES string of the molecule is CCNC(=O)[C@H](Cc1ccccc1)N(Cc1c(Cl)cccc1Cl)C(=O)CN(c1ccccc1)S(=O)(=O)c1ccc(C)cc1. The number of amides is 2. The maximum atomic E-state index is 14.4. The van der Waals surface area contributed by atoms with Crippen molar-refractivity contribution in [2.75, 3.05) is 17.4 Å². The Balaban J connectivity index is 1.81. The number of sulfonamides is 1. The number of benzene rings is 4. The molecule has 4 aromatic carbocycles. The summed E-state index contributed by atoms with van der Waals surface area (Å²) in [5.74, 6) is -0.974. The molecule has 0 aliphatic rings. The van der Waals surface area contributed by atoms with Crippen molar-refractivity contribution < 1.29 is 18.0 Å². The number of likely N-dealkylation sites (N-methyl/N-ethyl adjacent to an activating group) is 1. The van der Waals surface area contributed by atoms with Crippen LogP contribution in [0.1, 0.15) is 23.6 Å². The van der Waals surface area contributed by atoms with Crippen molar-refractivity contribution in [1.82, 2.24) is 10.2 Å². The summed E-state index contributed by atoms with van der Waals surface area (Å²) in [6, 6.07) is 28.2. The Morgan fingerprint density at radius 1 is 0.814 bits per heavy atom. The fourth-order valence-corrected chi connectivity index (χ4v) is 6.59. The van der Waals surface area contributed by atoms with Crippen LogP contribution >= 0.6 is 23.2 Å². The number of halogens is 2. The van der Waals surface area contributed by atoms with E-state index in [2.05, 4.69) is 5.32 Å². The van der Waals surface area contributed by atoms with Crippen LogP contribution in [-0.2, 0) is 32.6 Å². The quantitative estimate of drug-likeness (QED) is 0.198. The molecule has 4 rings (SSSR count). The van der Waals surface area contributed by atoms with E-state index < -0.39 is 28.5 Å². The van der Waals surface area contributed by atoms with Crippen molar-refractivity contribution in [2.45, 2.75) is 37.8 Å². The summed E-state index contributed by atoms with van der Waals surface area (Å²) < 4.78 is 29.1. The molecule has 0 unspecified atom stereocenters. The molecular weight excluding hydrogens is 605 g/mol. The third-order valence-corrected chi connectivity index (χ3v) is 9.44. The molecule has 0 fully saturated rings. The van der Waals surface area contributed by atoms with Crippen LogP contribution in [0.2, 0.25) is 10.0 Å². The van der Waals surface area contributed by atoms with E-state index in [0.717, 1.165) is 15.4 Å². The summed E-state index contributed by atoms with van der Waals surface area (Å²) in [7, 11) is -4.17. The summed E-state index contributed by atoms with van der Waals surface area (Å²) >= 11 is 13.0. The summed E-state index contributed by atoms with van der Waals surface area (Å²) in [4.78, 5) is 29.3. The van der Waals surface area contributed by atoms with E-state index in [1.165, 1.54) is 17.0 Å². The lowest BCUT2D eigenvalue weighted by Gasteiger charge is -2.34. The van der Waals surface area contributed by atoms with Crippen LogP contribution in [0.25, 0.3) is 0 Å². The molecule has 0 radical (unpaired) electrons. The zero-order chi connectivity index (χ0) is 31.0. The topological polar surface area (TPSA) is 86.8 Å². The minimum atomic E-state index is -4.17. The summed E-state index contributed by atoms with van der Waals surface area (Å²) in [6.07, 6.45) is 0.191. The lowest BCUT2D eigenvalue weighted by atomic mass is 10.0. The highest BCUT2D eigenvalue weighted by molar-refractivity contribution is 7.92. The molecule has 0 heterocycles. The average Bonchev–Trinajstić information content (AvgIpc) is 3.00. The Morgan fingerprint density at radius 3 is 1.98 bits per heavy atom. The number of nitrogens with one attached hydrogen (secondary N) is 1. The van der Waals surface area contributed by atoms with Crippen LogP contribution in [0.5, 0.6) is 0 Å². The standard InChI is InChI=1S/C33H33Cl2N3O4S/c1-3-36-33(40)31(21-25-11-6-4-7-12-25)37(22-28-29(34)15-10-16-30(28)35)32(39)23-38(26-13-8-5-9-14-26)43(41,42)27-19-17-24(2)18-20-27/h4-20,31H,3,21-23H2,1-2H3,(H,36,40)/t31-/m0/s1. The van der Waals surface area contributed by atoms with Crippen molar-refractivity contribution in [1.29, 1.82) is 0 Å². The van der Waals surface area contributed by atoms with Gasteiger partial charge in [0.15, 0.2) is 0 Å². The van der Waals surface area contributed by atoms with Crippen LogP contribution in [0.15, 0.2) is 108 Å². The molecule has 0 spiro atoms. The van der Waals surface area contributed by atoms with Gasteiger partial charge >= 0.3 is 0 Å². The van der Waals surface area contributed by atoms with Crippen LogP contribution in [-0.4, -0.2) is 44.3 Å². The first-order valence-corrected chi connectivity index (χ1v) is 16.0. The van der Waals surface area contributed by atoms with Crippen LogP contribution in [0.4, 0.5) is 5.69 Å². The van der Waals surface area contributed by atoms with E-state index in [-0.39, 0.29) is 23.8 Å². The number of anilines is 1. The molecule has 0 aliphatic carbocycles. The van der Waals surface area contributed by atoms with Crippen molar-refractivity contribution in [3.63, 3.8) is 0 Å². The smallest absolute Gasteiger partial charge is 0.264 e. The van der Waals surface area contributed by atoms with E-state index in [1.54, 1.807) is 67.6 Å². The fraction of sp³-hybridized carbons (Fsp3) is 0.212. The van der Waals surface area contributed by atoms with Gasteiger partial charge < -0.3 is 10.2 Å². The maximum Gasteiger partial charge on any atom is 0.264 e. The summed E-state index contributed by atoms with van der Waals surface area (Å²) in [5, 5.41) is 3.48. The highest BCUT2D eigenvalue weighted by Crippen LogP contribution is 2.29. The van der Waals surface area contributed by atoms with Gasteiger partial charge in [0.1, 0.15) is 12.6 Å². The normalized spacial score (nSPS) is 11.9. The summed E-state index contributed by atoms with van der Waals surface area (Å²) in [5.41, 5.74) is 2.49. The summed E-state index contributed by atoms with van der Waals surface area (Å²) in [6.45, 7) is 3.32. The second-order valence-corrected chi connectivity index (χ2v) is 12.7. The molecule has 1 atom stereocenters.